The normalized spacial score (nSPS) is 10.5. The summed E-state index contributed by atoms with van der Waals surface area (Å²) >= 11 is 0. The number of carbonyl (C=O) groups is 2. The van der Waals surface area contributed by atoms with Crippen molar-refractivity contribution in [2.24, 2.45) is 0 Å². The first kappa shape index (κ1) is 20.7. The molecule has 2 N–H and O–H groups in total. The number of anilines is 1. The average Bonchev–Trinajstić information content (AvgIpc) is 3.04. The van der Waals surface area contributed by atoms with Gasteiger partial charge in [0, 0.05) is 18.9 Å². The van der Waals surface area contributed by atoms with Crippen LogP contribution in [0.5, 0.6) is 17.2 Å². The van der Waals surface area contributed by atoms with E-state index in [1.54, 1.807) is 49.5 Å². The molecule has 3 aromatic rings. The number of amides is 1. The number of esters is 1. The summed E-state index contributed by atoms with van der Waals surface area (Å²) in [6, 6.07) is 9.73. The highest BCUT2D eigenvalue weighted by atomic mass is 16.5. The van der Waals surface area contributed by atoms with E-state index in [1.165, 1.54) is 25.3 Å². The van der Waals surface area contributed by atoms with E-state index in [9.17, 15) is 19.8 Å². The Bertz CT molecular complexity index is 1060. The molecule has 0 atom stereocenters. The number of hydrogen-bond acceptors (Lipinski definition) is 7. The van der Waals surface area contributed by atoms with E-state index in [4.69, 9.17) is 9.47 Å². The van der Waals surface area contributed by atoms with E-state index >= 15 is 0 Å². The SMILES string of the molecule is CCOC(=O)c1c(O)c(O)c(C(=O)N(C)c2cccnc2)n1-c1ccc(OC)cc1. The average molecular weight is 411 g/mol. The molecule has 30 heavy (non-hydrogen) atoms. The van der Waals surface area contributed by atoms with Gasteiger partial charge in [0.15, 0.2) is 22.9 Å². The van der Waals surface area contributed by atoms with Crippen molar-refractivity contribution in [2.75, 3.05) is 25.7 Å². The van der Waals surface area contributed by atoms with Gasteiger partial charge in [0.05, 0.1) is 25.6 Å². The van der Waals surface area contributed by atoms with Crippen LogP contribution in [0.3, 0.4) is 0 Å². The fourth-order valence-electron chi connectivity index (χ4n) is 2.95. The lowest BCUT2D eigenvalue weighted by atomic mass is 10.2. The minimum Gasteiger partial charge on any atom is -0.503 e. The topological polar surface area (TPSA) is 114 Å². The van der Waals surface area contributed by atoms with E-state index in [-0.39, 0.29) is 18.0 Å². The second-order valence-corrected chi connectivity index (χ2v) is 6.22. The van der Waals surface area contributed by atoms with Crippen molar-refractivity contribution in [1.82, 2.24) is 9.55 Å². The molecule has 0 radical (unpaired) electrons. The number of hydrogen-bond donors (Lipinski definition) is 2. The van der Waals surface area contributed by atoms with Gasteiger partial charge in [0.25, 0.3) is 5.91 Å². The Kier molecular flexibility index (Phi) is 5.91. The van der Waals surface area contributed by atoms with E-state index < -0.39 is 23.4 Å². The maximum absolute atomic E-state index is 13.3. The van der Waals surface area contributed by atoms with Gasteiger partial charge < -0.3 is 24.6 Å². The number of nitrogens with zero attached hydrogens (tertiary/aromatic N) is 3. The standard InChI is InChI=1S/C21H21N3O6/c1-4-30-21(28)17-19(26)18(25)16(20(27)23(2)14-6-5-11-22-12-14)24(17)13-7-9-15(29-3)10-8-13/h5-12,25-26H,4H2,1-3H3. The Balaban J connectivity index is 2.22. The summed E-state index contributed by atoms with van der Waals surface area (Å²) in [7, 11) is 3.00. The number of benzene rings is 1. The molecular formula is C21H21N3O6. The lowest BCUT2D eigenvalue weighted by molar-refractivity contribution is 0.0513. The minimum absolute atomic E-state index is 0.0473. The van der Waals surface area contributed by atoms with Crippen LogP contribution >= 0.6 is 0 Å². The number of carbonyl (C=O) groups excluding carboxylic acids is 2. The van der Waals surface area contributed by atoms with Crippen LogP contribution < -0.4 is 9.64 Å². The van der Waals surface area contributed by atoms with Crippen LogP contribution in [0.1, 0.15) is 27.9 Å². The maximum Gasteiger partial charge on any atom is 0.359 e. The summed E-state index contributed by atoms with van der Waals surface area (Å²) in [4.78, 5) is 31.0. The molecule has 0 fully saturated rings. The molecule has 0 aliphatic carbocycles. The Morgan fingerprint density at radius 1 is 1.10 bits per heavy atom. The molecule has 0 unspecified atom stereocenters. The van der Waals surface area contributed by atoms with Gasteiger partial charge in [-0.3, -0.25) is 14.3 Å². The molecule has 0 saturated heterocycles. The fraction of sp³-hybridized carbons (Fsp3) is 0.190. The Hall–Kier alpha value is -4.01. The van der Waals surface area contributed by atoms with Crippen molar-refractivity contribution >= 4 is 17.6 Å². The molecule has 0 spiro atoms. The van der Waals surface area contributed by atoms with Crippen LogP contribution in [0.4, 0.5) is 5.69 Å². The Labute approximate surface area is 172 Å². The van der Waals surface area contributed by atoms with Gasteiger partial charge in [-0.05, 0) is 43.3 Å². The molecule has 2 heterocycles. The van der Waals surface area contributed by atoms with E-state index in [2.05, 4.69) is 4.98 Å². The third-order valence-corrected chi connectivity index (χ3v) is 4.46. The van der Waals surface area contributed by atoms with Gasteiger partial charge in [0.2, 0.25) is 0 Å². The second-order valence-electron chi connectivity index (χ2n) is 6.22. The lowest BCUT2D eigenvalue weighted by Gasteiger charge is -2.19. The van der Waals surface area contributed by atoms with Gasteiger partial charge in [-0.2, -0.15) is 0 Å². The maximum atomic E-state index is 13.3. The zero-order chi connectivity index (χ0) is 21.8. The van der Waals surface area contributed by atoms with Gasteiger partial charge >= 0.3 is 5.97 Å². The van der Waals surface area contributed by atoms with Crippen molar-refractivity contribution in [2.45, 2.75) is 6.92 Å². The Morgan fingerprint density at radius 3 is 2.33 bits per heavy atom. The van der Waals surface area contributed by atoms with Crippen molar-refractivity contribution < 1.29 is 29.3 Å². The first-order valence-electron chi connectivity index (χ1n) is 9.06. The van der Waals surface area contributed by atoms with Crippen LogP contribution in [0.2, 0.25) is 0 Å². The van der Waals surface area contributed by atoms with Crippen LogP contribution in [-0.4, -0.2) is 52.4 Å². The highest BCUT2D eigenvalue weighted by molar-refractivity contribution is 6.09. The number of aromatic hydroxyl groups is 2. The van der Waals surface area contributed by atoms with Crippen LogP contribution in [0.25, 0.3) is 5.69 Å². The van der Waals surface area contributed by atoms with Gasteiger partial charge in [0.1, 0.15) is 5.75 Å². The highest BCUT2D eigenvalue weighted by Crippen LogP contribution is 2.39. The fourth-order valence-corrected chi connectivity index (χ4v) is 2.95. The van der Waals surface area contributed by atoms with Crippen LogP contribution in [0.15, 0.2) is 48.8 Å². The molecule has 9 nitrogen and oxygen atoms in total. The minimum atomic E-state index is -0.885. The molecule has 0 saturated carbocycles. The molecule has 0 aliphatic heterocycles. The van der Waals surface area contributed by atoms with E-state index in [0.29, 0.717) is 17.1 Å². The van der Waals surface area contributed by atoms with Crippen molar-refractivity contribution in [3.63, 3.8) is 0 Å². The predicted molar refractivity (Wildman–Crippen MR) is 109 cm³/mol. The number of ether oxygens (including phenoxy) is 2. The summed E-state index contributed by atoms with van der Waals surface area (Å²) in [5.41, 5.74) is 0.147. The number of aromatic nitrogens is 2. The largest absolute Gasteiger partial charge is 0.503 e. The first-order chi connectivity index (χ1) is 14.4. The molecule has 3 rings (SSSR count). The molecule has 0 aliphatic rings. The van der Waals surface area contributed by atoms with Crippen molar-refractivity contribution in [1.29, 1.82) is 0 Å². The first-order valence-corrected chi connectivity index (χ1v) is 9.06. The van der Waals surface area contributed by atoms with Crippen molar-refractivity contribution in [3.05, 3.63) is 60.2 Å². The molecule has 156 valence electrons. The predicted octanol–water partition coefficient (Wildman–Crippen LogP) is 2.75. The molecule has 9 heteroatoms. The summed E-state index contributed by atoms with van der Waals surface area (Å²) in [6.45, 7) is 1.66. The zero-order valence-electron chi connectivity index (χ0n) is 16.7. The monoisotopic (exact) mass is 411 g/mol. The van der Waals surface area contributed by atoms with E-state index in [0.717, 1.165) is 4.57 Å². The lowest BCUT2D eigenvalue weighted by Crippen LogP contribution is -2.29. The molecule has 2 aromatic heterocycles. The van der Waals surface area contributed by atoms with Crippen molar-refractivity contribution in [3.8, 4) is 22.9 Å². The molecule has 0 bridgehead atoms. The van der Waals surface area contributed by atoms with Gasteiger partial charge in [-0.1, -0.05) is 0 Å². The van der Waals surface area contributed by atoms with E-state index in [1.807, 2.05) is 0 Å². The summed E-state index contributed by atoms with van der Waals surface area (Å²) in [6.07, 6.45) is 3.03. The molecular weight excluding hydrogens is 390 g/mol. The van der Waals surface area contributed by atoms with Gasteiger partial charge in [-0.15, -0.1) is 0 Å². The summed E-state index contributed by atoms with van der Waals surface area (Å²) < 4.78 is 11.3. The molecule has 1 amide bonds. The highest BCUT2D eigenvalue weighted by Gasteiger charge is 2.34. The quantitative estimate of drug-likeness (QED) is 0.600. The zero-order valence-corrected chi connectivity index (χ0v) is 16.7. The third-order valence-electron chi connectivity index (χ3n) is 4.46. The van der Waals surface area contributed by atoms with Gasteiger partial charge in [-0.25, -0.2) is 4.79 Å². The number of rotatable bonds is 6. The number of methoxy groups -OCH3 is 1. The Morgan fingerprint density at radius 2 is 1.77 bits per heavy atom. The number of pyridine rings is 1. The van der Waals surface area contributed by atoms with Crippen LogP contribution in [0, 0.1) is 0 Å². The third kappa shape index (κ3) is 3.64. The molecule has 1 aromatic carbocycles. The van der Waals surface area contributed by atoms with Crippen LogP contribution in [-0.2, 0) is 4.74 Å². The summed E-state index contributed by atoms with van der Waals surface area (Å²) in [5.74, 6) is -2.47. The summed E-state index contributed by atoms with van der Waals surface area (Å²) in [5, 5.41) is 21.1. The smallest absolute Gasteiger partial charge is 0.359 e. The second kappa shape index (κ2) is 8.56.